The number of ether oxygens (including phenoxy) is 2. The third-order valence-corrected chi connectivity index (χ3v) is 2.97. The van der Waals surface area contributed by atoms with Crippen LogP contribution in [0.15, 0.2) is 0 Å². The zero-order chi connectivity index (χ0) is 12.8. The molecule has 1 aliphatic heterocycles. The van der Waals surface area contributed by atoms with Crippen LogP contribution in [0.5, 0.6) is 0 Å². The van der Waals surface area contributed by atoms with Crippen LogP contribution in [0.2, 0.25) is 0 Å². The molecule has 0 aromatic carbocycles. The van der Waals surface area contributed by atoms with Crippen LogP contribution in [-0.4, -0.2) is 55.3 Å². The van der Waals surface area contributed by atoms with Crippen molar-refractivity contribution in [1.82, 2.24) is 4.90 Å². The summed E-state index contributed by atoms with van der Waals surface area (Å²) in [6.45, 7) is 4.15. The number of methoxy groups -OCH3 is 1. The summed E-state index contributed by atoms with van der Waals surface area (Å²) in [5, 5.41) is 0. The number of thiocarbonyl (C=S) groups is 1. The fraction of sp³-hybridized carbons (Fsp3) is 0.818. The maximum atomic E-state index is 12.0. The van der Waals surface area contributed by atoms with Gasteiger partial charge in [0.1, 0.15) is 11.1 Å². The van der Waals surface area contributed by atoms with Crippen molar-refractivity contribution < 1.29 is 14.3 Å². The second-order valence-corrected chi connectivity index (χ2v) is 4.84. The fourth-order valence-electron chi connectivity index (χ4n) is 1.82. The van der Waals surface area contributed by atoms with Crippen molar-refractivity contribution >= 4 is 23.1 Å². The lowest BCUT2D eigenvalue weighted by Crippen LogP contribution is -2.50. The van der Waals surface area contributed by atoms with Gasteiger partial charge < -0.3 is 20.1 Å². The van der Waals surface area contributed by atoms with Gasteiger partial charge in [-0.1, -0.05) is 19.1 Å². The van der Waals surface area contributed by atoms with Gasteiger partial charge in [0.15, 0.2) is 0 Å². The molecule has 1 saturated heterocycles. The van der Waals surface area contributed by atoms with E-state index in [9.17, 15) is 4.79 Å². The summed E-state index contributed by atoms with van der Waals surface area (Å²) in [6, 6.07) is 0. The Morgan fingerprint density at radius 2 is 2.41 bits per heavy atom. The highest BCUT2D eigenvalue weighted by Gasteiger charge is 2.26. The summed E-state index contributed by atoms with van der Waals surface area (Å²) >= 11 is 4.88. The van der Waals surface area contributed by atoms with Crippen LogP contribution in [-0.2, 0) is 14.3 Å². The number of hydrogen-bond donors (Lipinski definition) is 1. The number of rotatable bonds is 5. The molecule has 0 bridgehead atoms. The van der Waals surface area contributed by atoms with Gasteiger partial charge >= 0.3 is 0 Å². The van der Waals surface area contributed by atoms with Crippen LogP contribution < -0.4 is 5.73 Å². The van der Waals surface area contributed by atoms with E-state index in [1.165, 1.54) is 0 Å². The van der Waals surface area contributed by atoms with E-state index in [1.54, 1.807) is 12.0 Å². The lowest BCUT2D eigenvalue weighted by molar-refractivity contribution is -0.137. The Morgan fingerprint density at radius 3 is 3.00 bits per heavy atom. The average molecular weight is 260 g/mol. The van der Waals surface area contributed by atoms with Crippen LogP contribution in [0.3, 0.4) is 0 Å². The molecule has 0 aromatic rings. The molecule has 0 spiro atoms. The predicted molar refractivity (Wildman–Crippen MR) is 68.8 cm³/mol. The molecule has 0 aliphatic carbocycles. The third kappa shape index (κ3) is 4.57. The summed E-state index contributed by atoms with van der Waals surface area (Å²) < 4.78 is 10.4. The van der Waals surface area contributed by atoms with Gasteiger partial charge in [-0.15, -0.1) is 0 Å². The van der Waals surface area contributed by atoms with Gasteiger partial charge in [-0.25, -0.2) is 0 Å². The van der Waals surface area contributed by atoms with E-state index in [0.29, 0.717) is 37.7 Å². The molecular formula is C11H20N2O3S. The van der Waals surface area contributed by atoms with Gasteiger partial charge in [-0.05, 0) is 5.92 Å². The first-order valence-electron chi connectivity index (χ1n) is 5.72. The Hall–Kier alpha value is -0.720. The van der Waals surface area contributed by atoms with Crippen molar-refractivity contribution in [2.75, 3.05) is 33.4 Å². The van der Waals surface area contributed by atoms with E-state index in [0.717, 1.165) is 0 Å². The molecule has 0 radical (unpaired) electrons. The zero-order valence-corrected chi connectivity index (χ0v) is 11.2. The Kier molecular flexibility index (Phi) is 5.80. The number of nitrogens with zero attached hydrogens (tertiary/aromatic N) is 1. The Morgan fingerprint density at radius 1 is 1.71 bits per heavy atom. The standard InChI is InChI=1S/C11H20N2O3S/c1-8(7-15-2)5-10(14)13-3-4-16-9(6-13)11(12)17/h8-9H,3-7H2,1-2H3,(H2,12,17). The van der Waals surface area contributed by atoms with Gasteiger partial charge in [-0.2, -0.15) is 0 Å². The van der Waals surface area contributed by atoms with Gasteiger partial charge in [-0.3, -0.25) is 4.79 Å². The molecule has 1 amide bonds. The molecule has 5 nitrogen and oxygen atoms in total. The number of hydrogen-bond acceptors (Lipinski definition) is 4. The minimum absolute atomic E-state index is 0.110. The molecule has 1 fully saturated rings. The van der Waals surface area contributed by atoms with Gasteiger partial charge in [0.25, 0.3) is 0 Å². The number of carbonyl (C=O) groups is 1. The van der Waals surface area contributed by atoms with Crippen molar-refractivity contribution in [2.24, 2.45) is 11.7 Å². The van der Waals surface area contributed by atoms with Gasteiger partial charge in [0, 0.05) is 26.7 Å². The molecule has 2 atom stereocenters. The fourth-order valence-corrected chi connectivity index (χ4v) is 1.96. The van der Waals surface area contributed by atoms with Crippen molar-refractivity contribution in [3.63, 3.8) is 0 Å². The highest BCUT2D eigenvalue weighted by molar-refractivity contribution is 7.80. The predicted octanol–water partition coefficient (Wildman–Crippen LogP) is 0.173. The van der Waals surface area contributed by atoms with Gasteiger partial charge in [0.2, 0.25) is 5.91 Å². The molecule has 1 rings (SSSR count). The number of carbonyl (C=O) groups excluding carboxylic acids is 1. The molecule has 1 heterocycles. The Bertz CT molecular complexity index is 286. The van der Waals surface area contributed by atoms with Crippen LogP contribution in [0.1, 0.15) is 13.3 Å². The minimum atomic E-state index is -0.305. The highest BCUT2D eigenvalue weighted by atomic mass is 32.1. The number of morpholine rings is 1. The summed E-state index contributed by atoms with van der Waals surface area (Å²) in [5.74, 6) is 0.331. The summed E-state index contributed by atoms with van der Waals surface area (Å²) in [7, 11) is 1.64. The first-order chi connectivity index (χ1) is 8.04. The van der Waals surface area contributed by atoms with E-state index in [2.05, 4.69) is 0 Å². The first kappa shape index (κ1) is 14.3. The van der Waals surface area contributed by atoms with Crippen molar-refractivity contribution in [1.29, 1.82) is 0 Å². The van der Waals surface area contributed by atoms with E-state index < -0.39 is 0 Å². The summed E-state index contributed by atoms with van der Waals surface area (Å²) in [4.78, 5) is 14.1. The molecule has 98 valence electrons. The second-order valence-electron chi connectivity index (χ2n) is 4.37. The van der Waals surface area contributed by atoms with E-state index in [-0.39, 0.29) is 17.9 Å². The van der Waals surface area contributed by atoms with Gasteiger partial charge in [0.05, 0.1) is 13.2 Å². The monoisotopic (exact) mass is 260 g/mol. The number of nitrogens with two attached hydrogens (primary N) is 1. The molecule has 17 heavy (non-hydrogen) atoms. The minimum Gasteiger partial charge on any atom is -0.391 e. The van der Waals surface area contributed by atoms with E-state index in [1.807, 2.05) is 6.92 Å². The van der Waals surface area contributed by atoms with Crippen LogP contribution in [0.4, 0.5) is 0 Å². The topological polar surface area (TPSA) is 64.8 Å². The Labute approximate surface area is 107 Å². The summed E-state index contributed by atoms with van der Waals surface area (Å²) in [6.07, 6.45) is 0.179. The molecule has 6 heteroatoms. The maximum absolute atomic E-state index is 12.0. The molecule has 0 saturated carbocycles. The SMILES string of the molecule is COCC(C)CC(=O)N1CCOC(C(N)=S)C1. The van der Waals surface area contributed by atoms with E-state index >= 15 is 0 Å². The van der Waals surface area contributed by atoms with Crippen LogP contribution in [0, 0.1) is 5.92 Å². The smallest absolute Gasteiger partial charge is 0.223 e. The molecule has 0 aromatic heterocycles. The second kappa shape index (κ2) is 6.88. The van der Waals surface area contributed by atoms with Crippen LogP contribution >= 0.6 is 12.2 Å². The average Bonchev–Trinajstić information content (AvgIpc) is 2.29. The molecule has 1 aliphatic rings. The van der Waals surface area contributed by atoms with Crippen molar-refractivity contribution in [3.8, 4) is 0 Å². The normalized spacial score (nSPS) is 22.2. The van der Waals surface area contributed by atoms with Crippen LogP contribution in [0.25, 0.3) is 0 Å². The maximum Gasteiger partial charge on any atom is 0.223 e. The van der Waals surface area contributed by atoms with E-state index in [4.69, 9.17) is 27.4 Å². The third-order valence-electron chi connectivity index (χ3n) is 2.71. The van der Waals surface area contributed by atoms with Crippen molar-refractivity contribution in [2.45, 2.75) is 19.4 Å². The molecule has 2 unspecified atom stereocenters. The van der Waals surface area contributed by atoms with Crippen molar-refractivity contribution in [3.05, 3.63) is 0 Å². The molecule has 2 N–H and O–H groups in total. The first-order valence-corrected chi connectivity index (χ1v) is 6.13. The zero-order valence-electron chi connectivity index (χ0n) is 10.3. The lowest BCUT2D eigenvalue weighted by Gasteiger charge is -2.33. The highest BCUT2D eigenvalue weighted by Crippen LogP contribution is 2.11. The molecular weight excluding hydrogens is 240 g/mol. The number of amides is 1. The quantitative estimate of drug-likeness (QED) is 0.714. The lowest BCUT2D eigenvalue weighted by atomic mass is 10.1. The summed E-state index contributed by atoms with van der Waals surface area (Å²) in [5.41, 5.74) is 5.53. The largest absolute Gasteiger partial charge is 0.391 e. The Balaban J connectivity index is 2.43.